The molecule has 1 aliphatic carbocycles. The van der Waals surface area contributed by atoms with E-state index in [0.29, 0.717) is 18.0 Å². The number of hydrogen-bond donors (Lipinski definition) is 1. The number of rotatable bonds is 0. The van der Waals surface area contributed by atoms with Crippen molar-refractivity contribution in [3.63, 3.8) is 0 Å². The molecule has 4 rings (SSSR count). The highest BCUT2D eigenvalue weighted by Gasteiger charge is 2.45. The summed E-state index contributed by atoms with van der Waals surface area (Å²) in [5.74, 6) is 0.537. The summed E-state index contributed by atoms with van der Waals surface area (Å²) in [6.45, 7) is 1.19. The van der Waals surface area contributed by atoms with Gasteiger partial charge in [-0.25, -0.2) is 0 Å². The first-order valence-corrected chi connectivity index (χ1v) is 7.86. The molecule has 4 atom stereocenters. The van der Waals surface area contributed by atoms with Gasteiger partial charge in [0.15, 0.2) is 0 Å². The molecule has 0 bridgehead atoms. The molecule has 1 aromatic carbocycles. The summed E-state index contributed by atoms with van der Waals surface area (Å²) in [6.07, 6.45) is 7.23. The van der Waals surface area contributed by atoms with Crippen LogP contribution in [0.4, 0.5) is 0 Å². The Morgan fingerprint density at radius 2 is 1.95 bits per heavy atom. The van der Waals surface area contributed by atoms with E-state index in [-0.39, 0.29) is 6.10 Å². The van der Waals surface area contributed by atoms with E-state index >= 15 is 0 Å². The van der Waals surface area contributed by atoms with Gasteiger partial charge >= 0.3 is 0 Å². The fraction of sp³-hybridized carbons (Fsp3) is 0.647. The molecule has 2 heterocycles. The molecule has 0 radical (unpaired) electrons. The average Bonchev–Trinajstić information content (AvgIpc) is 2.47. The lowest BCUT2D eigenvalue weighted by Gasteiger charge is -2.53. The number of hydrogen-bond acceptors (Lipinski definition) is 2. The minimum Gasteiger partial charge on any atom is -0.393 e. The van der Waals surface area contributed by atoms with Gasteiger partial charge in [-0.2, -0.15) is 0 Å². The highest BCUT2D eigenvalue weighted by atomic mass is 16.3. The number of benzene rings is 1. The topological polar surface area (TPSA) is 23.5 Å². The quantitative estimate of drug-likeness (QED) is 0.772. The Bertz CT molecular complexity index is 472. The van der Waals surface area contributed by atoms with E-state index < -0.39 is 0 Å². The predicted octanol–water partition coefficient (Wildman–Crippen LogP) is 2.91. The van der Waals surface area contributed by atoms with Gasteiger partial charge in [-0.15, -0.1) is 0 Å². The van der Waals surface area contributed by atoms with Gasteiger partial charge in [0.2, 0.25) is 0 Å². The maximum absolute atomic E-state index is 10.5. The van der Waals surface area contributed by atoms with Gasteiger partial charge in [0, 0.05) is 24.5 Å². The summed E-state index contributed by atoms with van der Waals surface area (Å²) in [5.41, 5.74) is 2.99. The fourth-order valence-corrected chi connectivity index (χ4v) is 4.73. The Balaban J connectivity index is 1.70. The Kier molecular flexibility index (Phi) is 2.89. The van der Waals surface area contributed by atoms with Crippen LogP contribution >= 0.6 is 0 Å². The van der Waals surface area contributed by atoms with Gasteiger partial charge in [-0.05, 0) is 36.8 Å². The van der Waals surface area contributed by atoms with Crippen molar-refractivity contribution in [2.24, 2.45) is 5.92 Å². The normalized spacial score (nSPS) is 38.2. The van der Waals surface area contributed by atoms with E-state index in [4.69, 9.17) is 0 Å². The van der Waals surface area contributed by atoms with Crippen LogP contribution in [-0.2, 0) is 6.42 Å². The third kappa shape index (κ3) is 1.85. The molecule has 2 nitrogen and oxygen atoms in total. The minimum absolute atomic E-state index is 0.0855. The standard InChI is InChI=1S/C17H23NO/c19-17-11-16-13-6-2-1-5-12(13)9-10-18(16)15-8-4-3-7-14(15)17/h1-2,5-6,14-17,19H,3-4,7-11H2. The molecule has 1 saturated heterocycles. The van der Waals surface area contributed by atoms with Crippen LogP contribution in [0.1, 0.15) is 49.3 Å². The van der Waals surface area contributed by atoms with Crippen LogP contribution in [0.25, 0.3) is 0 Å². The maximum atomic E-state index is 10.5. The van der Waals surface area contributed by atoms with E-state index in [0.717, 1.165) is 6.42 Å². The molecular weight excluding hydrogens is 234 g/mol. The van der Waals surface area contributed by atoms with E-state index in [2.05, 4.69) is 29.2 Å². The monoisotopic (exact) mass is 257 g/mol. The van der Waals surface area contributed by atoms with Crippen molar-refractivity contribution in [1.29, 1.82) is 0 Å². The Morgan fingerprint density at radius 3 is 2.89 bits per heavy atom. The van der Waals surface area contributed by atoms with E-state index in [1.165, 1.54) is 49.8 Å². The zero-order chi connectivity index (χ0) is 12.8. The Hall–Kier alpha value is -0.860. The fourth-order valence-electron chi connectivity index (χ4n) is 4.73. The van der Waals surface area contributed by atoms with Crippen molar-refractivity contribution in [3.8, 4) is 0 Å². The molecule has 1 saturated carbocycles. The van der Waals surface area contributed by atoms with Gasteiger partial charge in [0.05, 0.1) is 6.10 Å². The molecule has 3 aliphatic rings. The lowest BCUT2D eigenvalue weighted by molar-refractivity contribution is -0.0713. The molecule has 1 N–H and O–H groups in total. The third-order valence-corrected chi connectivity index (χ3v) is 5.62. The van der Waals surface area contributed by atoms with E-state index in [9.17, 15) is 5.11 Å². The molecule has 2 aliphatic heterocycles. The summed E-state index contributed by atoms with van der Waals surface area (Å²) < 4.78 is 0. The number of aliphatic hydroxyl groups is 1. The molecule has 0 aromatic heterocycles. The zero-order valence-electron chi connectivity index (χ0n) is 11.5. The first-order chi connectivity index (χ1) is 9.34. The SMILES string of the molecule is OC1CC2c3ccccc3CCN2C2CCCCC12. The zero-order valence-corrected chi connectivity index (χ0v) is 11.5. The first kappa shape index (κ1) is 11.9. The summed E-state index contributed by atoms with van der Waals surface area (Å²) in [4.78, 5) is 2.72. The van der Waals surface area contributed by atoms with Gasteiger partial charge in [0.25, 0.3) is 0 Å². The molecule has 102 valence electrons. The van der Waals surface area contributed by atoms with Crippen LogP contribution in [-0.4, -0.2) is 28.7 Å². The van der Waals surface area contributed by atoms with Gasteiger partial charge in [-0.1, -0.05) is 37.1 Å². The third-order valence-electron chi connectivity index (χ3n) is 5.62. The Labute approximate surface area is 115 Å². The van der Waals surface area contributed by atoms with E-state index in [1.807, 2.05) is 0 Å². The average molecular weight is 257 g/mol. The second kappa shape index (κ2) is 4.60. The van der Waals surface area contributed by atoms with Crippen LogP contribution in [0, 0.1) is 5.92 Å². The van der Waals surface area contributed by atoms with Crippen molar-refractivity contribution >= 4 is 0 Å². The molecule has 1 aromatic rings. The van der Waals surface area contributed by atoms with Crippen LogP contribution in [0.2, 0.25) is 0 Å². The van der Waals surface area contributed by atoms with Crippen molar-refractivity contribution in [2.75, 3.05) is 6.54 Å². The maximum Gasteiger partial charge on any atom is 0.0601 e. The van der Waals surface area contributed by atoms with Crippen molar-refractivity contribution in [2.45, 2.75) is 56.7 Å². The molecule has 19 heavy (non-hydrogen) atoms. The molecule has 0 spiro atoms. The highest BCUT2D eigenvalue weighted by molar-refractivity contribution is 5.33. The van der Waals surface area contributed by atoms with Crippen molar-refractivity contribution in [3.05, 3.63) is 35.4 Å². The number of aliphatic hydroxyl groups excluding tert-OH is 1. The summed E-state index contributed by atoms with van der Waals surface area (Å²) in [7, 11) is 0. The van der Waals surface area contributed by atoms with E-state index in [1.54, 1.807) is 0 Å². The molecule has 4 unspecified atom stereocenters. The lowest BCUT2D eigenvalue weighted by Crippen LogP contribution is -2.55. The molecule has 2 fully saturated rings. The largest absolute Gasteiger partial charge is 0.393 e. The Morgan fingerprint density at radius 1 is 1.11 bits per heavy atom. The number of fused-ring (bicyclic) bond motifs is 5. The molecule has 2 heteroatoms. The highest BCUT2D eigenvalue weighted by Crippen LogP contribution is 2.45. The van der Waals surface area contributed by atoms with Gasteiger partial charge < -0.3 is 5.11 Å². The smallest absolute Gasteiger partial charge is 0.0601 e. The predicted molar refractivity (Wildman–Crippen MR) is 76.0 cm³/mol. The van der Waals surface area contributed by atoms with Crippen LogP contribution in [0.15, 0.2) is 24.3 Å². The lowest BCUT2D eigenvalue weighted by atomic mass is 9.72. The molecular formula is C17H23NO. The number of nitrogens with zero attached hydrogens (tertiary/aromatic N) is 1. The first-order valence-electron chi connectivity index (χ1n) is 7.86. The second-order valence-corrected chi connectivity index (χ2v) is 6.52. The van der Waals surface area contributed by atoms with Crippen LogP contribution in [0.5, 0.6) is 0 Å². The van der Waals surface area contributed by atoms with Gasteiger partial charge in [-0.3, -0.25) is 4.90 Å². The second-order valence-electron chi connectivity index (χ2n) is 6.52. The summed E-state index contributed by atoms with van der Waals surface area (Å²) >= 11 is 0. The van der Waals surface area contributed by atoms with Crippen molar-refractivity contribution < 1.29 is 5.11 Å². The van der Waals surface area contributed by atoms with Crippen LogP contribution in [0.3, 0.4) is 0 Å². The summed E-state index contributed by atoms with van der Waals surface area (Å²) in [5, 5.41) is 10.5. The van der Waals surface area contributed by atoms with Crippen molar-refractivity contribution in [1.82, 2.24) is 4.90 Å². The number of piperidine rings is 1. The minimum atomic E-state index is -0.0855. The summed E-state index contributed by atoms with van der Waals surface area (Å²) in [6, 6.07) is 9.96. The van der Waals surface area contributed by atoms with Crippen LogP contribution < -0.4 is 0 Å². The molecule has 0 amide bonds. The van der Waals surface area contributed by atoms with Gasteiger partial charge in [0.1, 0.15) is 0 Å².